The molecule has 1 aliphatic rings. The SMILES string of the molecule is Oc1ccc(CCNC2CC(c3ccccc3)Oc3ccccc3C2O)cc1O. The second-order valence-electron chi connectivity index (χ2n) is 7.37. The van der Waals surface area contributed by atoms with E-state index in [1.165, 1.54) is 6.07 Å². The second kappa shape index (κ2) is 8.55. The van der Waals surface area contributed by atoms with E-state index in [9.17, 15) is 15.3 Å². The Morgan fingerprint density at radius 3 is 2.45 bits per heavy atom. The summed E-state index contributed by atoms with van der Waals surface area (Å²) in [5.74, 6) is 0.463. The Balaban J connectivity index is 1.52. The quantitative estimate of drug-likeness (QED) is 0.497. The summed E-state index contributed by atoms with van der Waals surface area (Å²) in [5.41, 5.74) is 2.77. The fourth-order valence-corrected chi connectivity index (χ4v) is 3.80. The lowest BCUT2D eigenvalue weighted by Crippen LogP contribution is -2.37. The fourth-order valence-electron chi connectivity index (χ4n) is 3.80. The van der Waals surface area contributed by atoms with Gasteiger partial charge < -0.3 is 25.4 Å². The van der Waals surface area contributed by atoms with Crippen LogP contribution in [0.4, 0.5) is 0 Å². The van der Waals surface area contributed by atoms with Gasteiger partial charge in [-0.05, 0) is 42.3 Å². The average molecular weight is 391 g/mol. The maximum absolute atomic E-state index is 11.0. The zero-order valence-electron chi connectivity index (χ0n) is 16.0. The highest BCUT2D eigenvalue weighted by molar-refractivity contribution is 5.41. The minimum atomic E-state index is -0.687. The van der Waals surface area contributed by atoms with Crippen LogP contribution in [0, 0.1) is 0 Å². The van der Waals surface area contributed by atoms with Crippen LogP contribution in [-0.2, 0) is 6.42 Å². The molecule has 0 aliphatic carbocycles. The summed E-state index contributed by atoms with van der Waals surface area (Å²) in [6.07, 6.45) is 0.439. The minimum absolute atomic E-state index is 0.122. The molecule has 3 unspecified atom stereocenters. The van der Waals surface area contributed by atoms with Crippen molar-refractivity contribution in [2.24, 2.45) is 0 Å². The monoisotopic (exact) mass is 391 g/mol. The molecule has 3 atom stereocenters. The van der Waals surface area contributed by atoms with Gasteiger partial charge in [-0.2, -0.15) is 0 Å². The number of aliphatic hydroxyl groups excluding tert-OH is 1. The smallest absolute Gasteiger partial charge is 0.157 e. The zero-order chi connectivity index (χ0) is 20.2. The number of phenolic OH excluding ortho intramolecular Hbond substituents is 2. The molecule has 0 saturated heterocycles. The second-order valence-corrected chi connectivity index (χ2v) is 7.37. The number of hydrogen-bond acceptors (Lipinski definition) is 5. The Morgan fingerprint density at radius 2 is 1.66 bits per heavy atom. The molecule has 5 heteroatoms. The van der Waals surface area contributed by atoms with Crippen LogP contribution in [0.15, 0.2) is 72.8 Å². The van der Waals surface area contributed by atoms with Gasteiger partial charge in [0.15, 0.2) is 11.5 Å². The molecular weight excluding hydrogens is 366 g/mol. The van der Waals surface area contributed by atoms with E-state index in [2.05, 4.69) is 5.32 Å². The summed E-state index contributed by atoms with van der Waals surface area (Å²) >= 11 is 0. The van der Waals surface area contributed by atoms with Gasteiger partial charge in [0.05, 0.1) is 6.10 Å². The maximum atomic E-state index is 11.0. The molecule has 0 radical (unpaired) electrons. The van der Waals surface area contributed by atoms with E-state index in [1.807, 2.05) is 54.6 Å². The number of aromatic hydroxyl groups is 2. The molecule has 3 aromatic carbocycles. The first-order valence-electron chi connectivity index (χ1n) is 9.84. The molecule has 1 aliphatic heterocycles. The summed E-state index contributed by atoms with van der Waals surface area (Å²) in [5, 5.41) is 33.6. The molecule has 29 heavy (non-hydrogen) atoms. The summed E-state index contributed by atoms with van der Waals surface area (Å²) in [6, 6.07) is 22.3. The predicted octanol–water partition coefficient (Wildman–Crippen LogP) is 3.86. The van der Waals surface area contributed by atoms with Crippen LogP contribution >= 0.6 is 0 Å². The molecular formula is C24H25NO4. The molecule has 0 aromatic heterocycles. The average Bonchev–Trinajstić information content (AvgIpc) is 2.88. The van der Waals surface area contributed by atoms with E-state index in [-0.39, 0.29) is 23.6 Å². The highest BCUT2D eigenvalue weighted by Gasteiger charge is 2.32. The van der Waals surface area contributed by atoms with Crippen molar-refractivity contribution >= 4 is 0 Å². The molecule has 5 nitrogen and oxygen atoms in total. The van der Waals surface area contributed by atoms with Crippen molar-refractivity contribution in [3.05, 3.63) is 89.5 Å². The Morgan fingerprint density at radius 1 is 0.897 bits per heavy atom. The normalized spacial score (nSPS) is 21.1. The number of para-hydroxylation sites is 1. The summed E-state index contributed by atoms with van der Waals surface area (Å²) in [4.78, 5) is 0. The van der Waals surface area contributed by atoms with Gasteiger partial charge in [-0.15, -0.1) is 0 Å². The van der Waals surface area contributed by atoms with Crippen LogP contribution < -0.4 is 10.1 Å². The molecule has 0 saturated carbocycles. The highest BCUT2D eigenvalue weighted by Crippen LogP contribution is 2.38. The van der Waals surface area contributed by atoms with Crippen molar-refractivity contribution in [1.82, 2.24) is 5.32 Å². The lowest BCUT2D eigenvalue weighted by Gasteiger charge is -2.24. The Labute approximate surface area is 170 Å². The van der Waals surface area contributed by atoms with Crippen molar-refractivity contribution in [2.45, 2.75) is 31.1 Å². The van der Waals surface area contributed by atoms with Gasteiger partial charge in [-0.25, -0.2) is 0 Å². The molecule has 150 valence electrons. The number of ether oxygens (including phenoxy) is 1. The molecule has 0 spiro atoms. The Kier molecular flexibility index (Phi) is 5.69. The lowest BCUT2D eigenvalue weighted by molar-refractivity contribution is 0.112. The Bertz CT molecular complexity index is 960. The van der Waals surface area contributed by atoms with Crippen molar-refractivity contribution < 1.29 is 20.1 Å². The van der Waals surface area contributed by atoms with Crippen LogP contribution in [0.5, 0.6) is 17.2 Å². The summed E-state index contributed by atoms with van der Waals surface area (Å²) in [7, 11) is 0. The lowest BCUT2D eigenvalue weighted by atomic mass is 9.95. The Hall–Kier alpha value is -3.02. The van der Waals surface area contributed by atoms with E-state index < -0.39 is 6.10 Å². The summed E-state index contributed by atoms with van der Waals surface area (Å²) in [6.45, 7) is 0.621. The first kappa shape index (κ1) is 19.3. The van der Waals surface area contributed by atoms with Gasteiger partial charge in [0.25, 0.3) is 0 Å². The van der Waals surface area contributed by atoms with Crippen LogP contribution in [-0.4, -0.2) is 27.9 Å². The summed E-state index contributed by atoms with van der Waals surface area (Å²) < 4.78 is 6.28. The third-order valence-electron chi connectivity index (χ3n) is 5.39. The predicted molar refractivity (Wildman–Crippen MR) is 111 cm³/mol. The molecule has 4 rings (SSSR count). The topological polar surface area (TPSA) is 82.0 Å². The third kappa shape index (κ3) is 4.36. The number of nitrogens with one attached hydrogen (secondary N) is 1. The highest BCUT2D eigenvalue weighted by atomic mass is 16.5. The van der Waals surface area contributed by atoms with E-state index in [4.69, 9.17) is 4.74 Å². The van der Waals surface area contributed by atoms with E-state index >= 15 is 0 Å². The van der Waals surface area contributed by atoms with E-state index in [0.29, 0.717) is 25.1 Å². The van der Waals surface area contributed by atoms with Crippen molar-refractivity contribution in [3.8, 4) is 17.2 Å². The van der Waals surface area contributed by atoms with Crippen molar-refractivity contribution in [1.29, 1.82) is 0 Å². The van der Waals surface area contributed by atoms with Gasteiger partial charge >= 0.3 is 0 Å². The number of phenols is 2. The number of rotatable bonds is 5. The first-order valence-corrected chi connectivity index (χ1v) is 9.84. The number of fused-ring (bicyclic) bond motifs is 1. The van der Waals surface area contributed by atoms with Gasteiger partial charge in [0.1, 0.15) is 11.9 Å². The van der Waals surface area contributed by atoms with E-state index in [1.54, 1.807) is 12.1 Å². The zero-order valence-corrected chi connectivity index (χ0v) is 16.0. The standard InChI is InChI=1S/C24H25NO4/c26-20-11-10-16(14-21(20)27)12-13-25-19-15-23(17-6-2-1-3-7-17)29-22-9-5-4-8-18(22)24(19)28/h1-11,14,19,23-28H,12-13,15H2. The van der Waals surface area contributed by atoms with Gasteiger partial charge in [0, 0.05) is 18.0 Å². The molecule has 0 fully saturated rings. The van der Waals surface area contributed by atoms with E-state index in [0.717, 1.165) is 16.7 Å². The minimum Gasteiger partial charge on any atom is -0.504 e. The first-order chi connectivity index (χ1) is 14.1. The van der Waals surface area contributed by atoms with Crippen molar-refractivity contribution in [3.63, 3.8) is 0 Å². The number of benzene rings is 3. The maximum Gasteiger partial charge on any atom is 0.157 e. The largest absolute Gasteiger partial charge is 0.504 e. The molecule has 0 amide bonds. The number of hydrogen-bond donors (Lipinski definition) is 4. The van der Waals surface area contributed by atoms with Gasteiger partial charge in [-0.3, -0.25) is 0 Å². The fraction of sp³-hybridized carbons (Fsp3) is 0.250. The van der Waals surface area contributed by atoms with Gasteiger partial charge in [0.2, 0.25) is 0 Å². The molecule has 0 bridgehead atoms. The van der Waals surface area contributed by atoms with Gasteiger partial charge in [-0.1, -0.05) is 54.6 Å². The number of aliphatic hydroxyl groups is 1. The third-order valence-corrected chi connectivity index (χ3v) is 5.39. The van der Waals surface area contributed by atoms with Crippen LogP contribution in [0.3, 0.4) is 0 Å². The molecule has 3 aromatic rings. The molecule has 4 N–H and O–H groups in total. The van der Waals surface area contributed by atoms with Crippen molar-refractivity contribution in [2.75, 3.05) is 6.54 Å². The molecule has 1 heterocycles. The van der Waals surface area contributed by atoms with Crippen LogP contribution in [0.25, 0.3) is 0 Å². The van der Waals surface area contributed by atoms with Crippen LogP contribution in [0.2, 0.25) is 0 Å². The van der Waals surface area contributed by atoms with Crippen LogP contribution in [0.1, 0.15) is 35.3 Å².